The molecule has 0 fully saturated rings. The molecule has 3 nitrogen and oxygen atoms in total. The Hall–Kier alpha value is -0.880. The molecular formula is C15H19BrFNO2S. The van der Waals surface area contributed by atoms with Crippen LogP contribution in [0.5, 0.6) is 0 Å². The third-order valence-electron chi connectivity index (χ3n) is 2.98. The van der Waals surface area contributed by atoms with E-state index in [1.807, 2.05) is 0 Å². The van der Waals surface area contributed by atoms with Gasteiger partial charge in [-0.2, -0.15) is 0 Å². The number of hydrogen-bond acceptors (Lipinski definition) is 3. The Morgan fingerprint density at radius 1 is 1.19 bits per heavy atom. The highest BCUT2D eigenvalue weighted by atomic mass is 79.9. The van der Waals surface area contributed by atoms with Gasteiger partial charge >= 0.3 is 0 Å². The van der Waals surface area contributed by atoms with Gasteiger partial charge in [0.1, 0.15) is 11.6 Å². The summed E-state index contributed by atoms with van der Waals surface area (Å²) < 4.78 is 12.8. The van der Waals surface area contributed by atoms with Crippen LogP contribution in [0.4, 0.5) is 4.39 Å². The smallest absolute Gasteiger partial charge is 0.230 e. The van der Waals surface area contributed by atoms with E-state index in [0.717, 1.165) is 24.2 Å². The Labute approximate surface area is 137 Å². The maximum absolute atomic E-state index is 12.8. The summed E-state index contributed by atoms with van der Waals surface area (Å²) in [5, 5.41) is 0.0828. The monoisotopic (exact) mass is 375 g/mol. The molecule has 1 unspecified atom stereocenters. The van der Waals surface area contributed by atoms with Gasteiger partial charge in [0.25, 0.3) is 0 Å². The third-order valence-corrected chi connectivity index (χ3v) is 4.90. The van der Waals surface area contributed by atoms with E-state index < -0.39 is 0 Å². The van der Waals surface area contributed by atoms with E-state index >= 15 is 0 Å². The van der Waals surface area contributed by atoms with Gasteiger partial charge in [0.05, 0.1) is 10.6 Å². The molecular weight excluding hydrogens is 357 g/mol. The highest BCUT2D eigenvalue weighted by molar-refractivity contribution is 9.09. The van der Waals surface area contributed by atoms with Gasteiger partial charge in [0, 0.05) is 11.3 Å². The average molecular weight is 376 g/mol. The largest absolute Gasteiger partial charge is 0.369 e. The number of primary amides is 1. The van der Waals surface area contributed by atoms with Gasteiger partial charge in [-0.05, 0) is 37.1 Å². The Morgan fingerprint density at radius 2 is 1.86 bits per heavy atom. The first-order valence-corrected chi connectivity index (χ1v) is 8.82. The van der Waals surface area contributed by atoms with Crippen LogP contribution >= 0.6 is 27.7 Å². The van der Waals surface area contributed by atoms with Crippen molar-refractivity contribution in [3.63, 3.8) is 0 Å². The van der Waals surface area contributed by atoms with Crippen molar-refractivity contribution in [2.75, 3.05) is 5.33 Å². The van der Waals surface area contributed by atoms with E-state index in [1.165, 1.54) is 23.9 Å². The standard InChI is InChI=1S/C15H19BrFNO2S/c16-10-12(19)4-2-1-3-5-14(15(18)20)21-13-8-6-11(17)7-9-13/h6-9,14H,1-5,10H2,(H2,18,20). The van der Waals surface area contributed by atoms with E-state index in [0.29, 0.717) is 18.2 Å². The van der Waals surface area contributed by atoms with Crippen molar-refractivity contribution < 1.29 is 14.0 Å². The molecule has 1 atom stereocenters. The summed E-state index contributed by atoms with van der Waals surface area (Å²) in [6.07, 6.45) is 3.80. The molecule has 1 aromatic carbocycles. The molecule has 1 aromatic rings. The van der Waals surface area contributed by atoms with E-state index in [-0.39, 0.29) is 22.8 Å². The van der Waals surface area contributed by atoms with Crippen molar-refractivity contribution >= 4 is 39.4 Å². The molecule has 0 radical (unpaired) electrons. The highest BCUT2D eigenvalue weighted by Crippen LogP contribution is 2.27. The van der Waals surface area contributed by atoms with Crippen molar-refractivity contribution in [1.29, 1.82) is 0 Å². The van der Waals surface area contributed by atoms with Gasteiger partial charge in [-0.1, -0.05) is 28.8 Å². The molecule has 6 heteroatoms. The lowest BCUT2D eigenvalue weighted by Gasteiger charge is -2.12. The number of rotatable bonds is 10. The number of benzene rings is 1. The number of halogens is 2. The molecule has 0 aliphatic rings. The van der Waals surface area contributed by atoms with Crippen molar-refractivity contribution in [2.45, 2.75) is 42.2 Å². The lowest BCUT2D eigenvalue weighted by atomic mass is 10.1. The summed E-state index contributed by atoms with van der Waals surface area (Å²) >= 11 is 4.49. The minimum atomic E-state index is -0.360. The molecule has 1 rings (SSSR count). The fourth-order valence-corrected chi connectivity index (χ4v) is 3.13. The Morgan fingerprint density at radius 3 is 2.43 bits per heavy atom. The molecule has 0 aliphatic carbocycles. The molecule has 0 saturated heterocycles. The van der Waals surface area contributed by atoms with Gasteiger partial charge in [-0.3, -0.25) is 9.59 Å². The molecule has 0 aliphatic heterocycles. The maximum atomic E-state index is 12.8. The summed E-state index contributed by atoms with van der Waals surface area (Å²) in [7, 11) is 0. The number of amides is 1. The fourth-order valence-electron chi connectivity index (χ4n) is 1.83. The normalized spacial score (nSPS) is 12.1. The highest BCUT2D eigenvalue weighted by Gasteiger charge is 2.16. The van der Waals surface area contributed by atoms with E-state index in [1.54, 1.807) is 12.1 Å². The van der Waals surface area contributed by atoms with E-state index in [9.17, 15) is 14.0 Å². The quantitative estimate of drug-likeness (QED) is 0.385. The second-order valence-corrected chi connectivity index (χ2v) is 6.57. The molecule has 0 bridgehead atoms. The van der Waals surface area contributed by atoms with Gasteiger partial charge < -0.3 is 5.73 Å². The number of Topliss-reactive ketones (excluding diaryl/α,β-unsaturated/α-hetero) is 1. The summed E-state index contributed by atoms with van der Waals surface area (Å²) in [6.45, 7) is 0. The topological polar surface area (TPSA) is 60.2 Å². The van der Waals surface area contributed by atoms with Gasteiger partial charge in [-0.25, -0.2) is 4.39 Å². The van der Waals surface area contributed by atoms with E-state index in [4.69, 9.17) is 5.73 Å². The van der Waals surface area contributed by atoms with Crippen LogP contribution in [0.15, 0.2) is 29.2 Å². The van der Waals surface area contributed by atoms with Gasteiger partial charge in [0.15, 0.2) is 0 Å². The van der Waals surface area contributed by atoms with Crippen molar-refractivity contribution in [3.05, 3.63) is 30.1 Å². The maximum Gasteiger partial charge on any atom is 0.230 e. The molecule has 2 N–H and O–H groups in total. The summed E-state index contributed by atoms with van der Waals surface area (Å²) in [5.41, 5.74) is 5.40. The molecule has 0 saturated carbocycles. The first-order valence-electron chi connectivity index (χ1n) is 6.82. The zero-order chi connectivity index (χ0) is 15.7. The van der Waals surface area contributed by atoms with Crippen LogP contribution in [0.3, 0.4) is 0 Å². The van der Waals surface area contributed by atoms with Gasteiger partial charge in [-0.15, -0.1) is 11.8 Å². The second kappa shape index (κ2) is 9.95. The Bertz CT molecular complexity index is 467. The number of carbonyl (C=O) groups excluding carboxylic acids is 2. The molecule has 0 spiro atoms. The Kier molecular flexibility index (Phi) is 8.61. The van der Waals surface area contributed by atoms with Crippen LogP contribution < -0.4 is 5.73 Å². The van der Waals surface area contributed by atoms with Gasteiger partial charge in [0.2, 0.25) is 5.91 Å². The van der Waals surface area contributed by atoms with Crippen molar-refractivity contribution in [1.82, 2.24) is 0 Å². The lowest BCUT2D eigenvalue weighted by Crippen LogP contribution is -2.25. The number of thioether (sulfide) groups is 1. The van der Waals surface area contributed by atoms with Crippen LogP contribution in [-0.2, 0) is 9.59 Å². The minimum absolute atomic E-state index is 0.196. The van der Waals surface area contributed by atoms with E-state index in [2.05, 4.69) is 15.9 Å². The number of nitrogens with two attached hydrogens (primary N) is 1. The predicted molar refractivity (Wildman–Crippen MR) is 87.1 cm³/mol. The van der Waals surface area contributed by atoms with Crippen LogP contribution in [0, 0.1) is 5.82 Å². The van der Waals surface area contributed by atoms with Crippen LogP contribution in [0.25, 0.3) is 0 Å². The zero-order valence-corrected chi connectivity index (χ0v) is 14.1. The van der Waals surface area contributed by atoms with Crippen LogP contribution in [-0.4, -0.2) is 22.3 Å². The SMILES string of the molecule is NC(=O)C(CCCCCC(=O)CBr)Sc1ccc(F)cc1. The Balaban J connectivity index is 2.35. The average Bonchev–Trinajstić information content (AvgIpc) is 2.47. The number of unbranched alkanes of at least 4 members (excludes halogenated alkanes) is 2. The number of carbonyl (C=O) groups is 2. The summed E-state index contributed by atoms with van der Waals surface area (Å²) in [6, 6.07) is 6.02. The molecule has 116 valence electrons. The van der Waals surface area contributed by atoms with Crippen molar-refractivity contribution in [3.8, 4) is 0 Å². The first kappa shape index (κ1) is 18.2. The number of hydrogen-bond donors (Lipinski definition) is 1. The summed E-state index contributed by atoms with van der Waals surface area (Å²) in [4.78, 5) is 23.4. The predicted octanol–water partition coefficient (Wildman–Crippen LogP) is 3.69. The third kappa shape index (κ3) is 7.62. The molecule has 1 amide bonds. The second-order valence-electron chi connectivity index (χ2n) is 4.73. The molecule has 0 heterocycles. The first-order chi connectivity index (χ1) is 10.0. The number of alkyl halides is 1. The zero-order valence-electron chi connectivity index (χ0n) is 11.7. The molecule has 21 heavy (non-hydrogen) atoms. The van der Waals surface area contributed by atoms with Crippen LogP contribution in [0.1, 0.15) is 32.1 Å². The lowest BCUT2D eigenvalue weighted by molar-refractivity contribution is -0.118. The minimum Gasteiger partial charge on any atom is -0.369 e. The molecule has 0 aromatic heterocycles. The van der Waals surface area contributed by atoms with Crippen LogP contribution in [0.2, 0.25) is 0 Å². The fraction of sp³-hybridized carbons (Fsp3) is 0.467. The van der Waals surface area contributed by atoms with Crippen molar-refractivity contribution in [2.24, 2.45) is 5.73 Å². The summed E-state index contributed by atoms with van der Waals surface area (Å²) in [5.74, 6) is -0.463. The number of ketones is 1.